The largest absolute Gasteiger partial charge is 0.328 e. The third-order valence-electron chi connectivity index (χ3n) is 2.82. The topological polar surface area (TPSA) is 26.0 Å². The molecule has 13 heavy (non-hydrogen) atoms. The highest BCUT2D eigenvalue weighted by molar-refractivity contribution is 6.31. The fourth-order valence-corrected chi connectivity index (χ4v) is 2.40. The van der Waals surface area contributed by atoms with E-state index in [1.807, 2.05) is 18.2 Å². The van der Waals surface area contributed by atoms with E-state index in [9.17, 15) is 0 Å². The molecule has 1 aliphatic rings. The first-order chi connectivity index (χ1) is 6.27. The van der Waals surface area contributed by atoms with Crippen molar-refractivity contribution in [1.82, 2.24) is 0 Å². The van der Waals surface area contributed by atoms with Crippen LogP contribution < -0.4 is 5.73 Å². The van der Waals surface area contributed by atoms with E-state index >= 15 is 0 Å². The molecule has 0 heterocycles. The molecule has 0 aliphatic heterocycles. The molecular formula is C11H14ClN. The average molecular weight is 196 g/mol. The minimum Gasteiger partial charge on any atom is -0.328 e. The Bertz CT molecular complexity index is 298. The van der Waals surface area contributed by atoms with Gasteiger partial charge in [0.15, 0.2) is 0 Å². The molecule has 1 nitrogen and oxygen atoms in total. The van der Waals surface area contributed by atoms with Gasteiger partial charge in [0.05, 0.1) is 0 Å². The highest BCUT2D eigenvalue weighted by atomic mass is 35.5. The Hall–Kier alpha value is -0.530. The van der Waals surface area contributed by atoms with E-state index in [1.54, 1.807) is 0 Å². The van der Waals surface area contributed by atoms with Gasteiger partial charge in [0, 0.05) is 11.1 Å². The zero-order valence-electron chi connectivity index (χ0n) is 7.54. The first-order valence-corrected chi connectivity index (χ1v) is 5.15. The highest BCUT2D eigenvalue weighted by Gasteiger charge is 2.24. The maximum atomic E-state index is 6.11. The summed E-state index contributed by atoms with van der Waals surface area (Å²) in [7, 11) is 0. The number of halogens is 1. The summed E-state index contributed by atoms with van der Waals surface area (Å²) in [5.74, 6) is 0.587. The standard InChI is InChI=1S/C11H14ClN/c12-11-4-2-1-3-10(11)8-5-6-9(13)7-8/h1-4,8-9H,5-7,13H2/t8-,9+/m1/s1. The lowest BCUT2D eigenvalue weighted by Crippen LogP contribution is -2.14. The SMILES string of the molecule is N[C@H]1CC[C@@H](c2ccccc2Cl)C1. The zero-order valence-corrected chi connectivity index (χ0v) is 8.30. The van der Waals surface area contributed by atoms with Crippen LogP contribution in [0.2, 0.25) is 5.02 Å². The van der Waals surface area contributed by atoms with Crippen molar-refractivity contribution in [1.29, 1.82) is 0 Å². The van der Waals surface area contributed by atoms with Crippen LogP contribution in [0.1, 0.15) is 30.7 Å². The summed E-state index contributed by atoms with van der Waals surface area (Å²) in [6, 6.07) is 8.47. The molecule has 1 aromatic rings. The van der Waals surface area contributed by atoms with E-state index in [4.69, 9.17) is 17.3 Å². The summed E-state index contributed by atoms with van der Waals surface area (Å²) >= 11 is 6.11. The normalized spacial score (nSPS) is 27.8. The molecule has 0 radical (unpaired) electrons. The van der Waals surface area contributed by atoms with Gasteiger partial charge in [-0.1, -0.05) is 29.8 Å². The Morgan fingerprint density at radius 1 is 1.23 bits per heavy atom. The van der Waals surface area contributed by atoms with E-state index in [1.165, 1.54) is 12.0 Å². The van der Waals surface area contributed by atoms with Crippen LogP contribution in [0, 0.1) is 0 Å². The molecule has 0 amide bonds. The summed E-state index contributed by atoms with van der Waals surface area (Å²) in [5, 5.41) is 0.890. The van der Waals surface area contributed by atoms with Gasteiger partial charge in [-0.15, -0.1) is 0 Å². The van der Waals surface area contributed by atoms with Crippen molar-refractivity contribution in [2.24, 2.45) is 5.73 Å². The lowest BCUT2D eigenvalue weighted by Gasteiger charge is -2.11. The van der Waals surface area contributed by atoms with Gasteiger partial charge in [0.1, 0.15) is 0 Å². The Morgan fingerprint density at radius 3 is 2.62 bits per heavy atom. The summed E-state index contributed by atoms with van der Waals surface area (Å²) in [6.45, 7) is 0. The molecule has 1 aromatic carbocycles. The molecule has 70 valence electrons. The van der Waals surface area contributed by atoms with Gasteiger partial charge < -0.3 is 5.73 Å². The number of hydrogen-bond donors (Lipinski definition) is 1. The zero-order chi connectivity index (χ0) is 9.26. The smallest absolute Gasteiger partial charge is 0.0440 e. The maximum absolute atomic E-state index is 6.11. The molecule has 1 saturated carbocycles. The van der Waals surface area contributed by atoms with Gasteiger partial charge in [0.25, 0.3) is 0 Å². The molecule has 1 fully saturated rings. The fourth-order valence-electron chi connectivity index (χ4n) is 2.11. The predicted molar refractivity (Wildman–Crippen MR) is 56.0 cm³/mol. The van der Waals surface area contributed by atoms with Crippen LogP contribution >= 0.6 is 11.6 Å². The summed E-state index contributed by atoms with van der Waals surface area (Å²) in [6.07, 6.45) is 3.41. The van der Waals surface area contributed by atoms with Crippen LogP contribution in [0.25, 0.3) is 0 Å². The van der Waals surface area contributed by atoms with Crippen molar-refractivity contribution < 1.29 is 0 Å². The number of hydrogen-bond acceptors (Lipinski definition) is 1. The molecule has 0 saturated heterocycles. The van der Waals surface area contributed by atoms with Crippen molar-refractivity contribution in [3.63, 3.8) is 0 Å². The lowest BCUT2D eigenvalue weighted by atomic mass is 9.97. The first-order valence-electron chi connectivity index (χ1n) is 4.77. The van der Waals surface area contributed by atoms with Gasteiger partial charge in [-0.05, 0) is 36.8 Å². The van der Waals surface area contributed by atoms with Crippen LogP contribution in [0.15, 0.2) is 24.3 Å². The summed E-state index contributed by atoms with van der Waals surface area (Å²) < 4.78 is 0. The van der Waals surface area contributed by atoms with Gasteiger partial charge in [-0.2, -0.15) is 0 Å². The molecule has 0 bridgehead atoms. The minimum atomic E-state index is 0.376. The number of benzene rings is 1. The molecular weight excluding hydrogens is 182 g/mol. The lowest BCUT2D eigenvalue weighted by molar-refractivity contribution is 0.675. The van der Waals surface area contributed by atoms with Crippen molar-refractivity contribution in [3.8, 4) is 0 Å². The molecule has 0 spiro atoms. The number of nitrogens with two attached hydrogens (primary N) is 1. The molecule has 0 unspecified atom stereocenters. The van der Waals surface area contributed by atoms with Crippen LogP contribution in [-0.4, -0.2) is 6.04 Å². The Labute approximate surface area is 83.9 Å². The van der Waals surface area contributed by atoms with E-state index < -0.39 is 0 Å². The molecule has 2 heteroatoms. The Balaban J connectivity index is 2.21. The predicted octanol–water partition coefficient (Wildman–Crippen LogP) is 2.93. The molecule has 2 atom stereocenters. The second-order valence-electron chi connectivity index (χ2n) is 3.79. The molecule has 1 aliphatic carbocycles. The fraction of sp³-hybridized carbons (Fsp3) is 0.455. The average Bonchev–Trinajstić information content (AvgIpc) is 2.53. The number of rotatable bonds is 1. The second kappa shape index (κ2) is 3.69. The quantitative estimate of drug-likeness (QED) is 0.733. The van der Waals surface area contributed by atoms with Crippen LogP contribution in [0.3, 0.4) is 0 Å². The molecule has 0 aromatic heterocycles. The highest BCUT2D eigenvalue weighted by Crippen LogP contribution is 2.36. The van der Waals surface area contributed by atoms with E-state index in [-0.39, 0.29) is 0 Å². The first kappa shape index (κ1) is 9.04. The van der Waals surface area contributed by atoms with E-state index in [0.717, 1.165) is 17.9 Å². The Morgan fingerprint density at radius 2 is 2.00 bits per heavy atom. The van der Waals surface area contributed by atoms with Crippen molar-refractivity contribution in [2.45, 2.75) is 31.2 Å². The van der Waals surface area contributed by atoms with Gasteiger partial charge >= 0.3 is 0 Å². The van der Waals surface area contributed by atoms with Crippen LogP contribution in [0.4, 0.5) is 0 Å². The van der Waals surface area contributed by atoms with Crippen LogP contribution in [-0.2, 0) is 0 Å². The van der Waals surface area contributed by atoms with E-state index in [2.05, 4.69) is 6.07 Å². The summed E-state index contributed by atoms with van der Waals surface area (Å²) in [5.41, 5.74) is 7.14. The monoisotopic (exact) mass is 195 g/mol. The van der Waals surface area contributed by atoms with E-state index in [0.29, 0.717) is 12.0 Å². The molecule has 2 N–H and O–H groups in total. The van der Waals surface area contributed by atoms with Crippen molar-refractivity contribution >= 4 is 11.6 Å². The van der Waals surface area contributed by atoms with Crippen LogP contribution in [0.5, 0.6) is 0 Å². The third kappa shape index (κ3) is 1.87. The van der Waals surface area contributed by atoms with Gasteiger partial charge in [-0.25, -0.2) is 0 Å². The van der Waals surface area contributed by atoms with Crippen molar-refractivity contribution in [2.75, 3.05) is 0 Å². The molecule has 2 rings (SSSR count). The third-order valence-corrected chi connectivity index (χ3v) is 3.16. The van der Waals surface area contributed by atoms with Gasteiger partial charge in [0.2, 0.25) is 0 Å². The minimum absolute atomic E-state index is 0.376. The Kier molecular flexibility index (Phi) is 2.56. The maximum Gasteiger partial charge on any atom is 0.0440 e. The van der Waals surface area contributed by atoms with Crippen molar-refractivity contribution in [3.05, 3.63) is 34.9 Å². The van der Waals surface area contributed by atoms with Gasteiger partial charge in [-0.3, -0.25) is 0 Å². The second-order valence-corrected chi connectivity index (χ2v) is 4.20. The summed E-state index contributed by atoms with van der Waals surface area (Å²) in [4.78, 5) is 0.